The molecule has 0 rings (SSSR count). The summed E-state index contributed by atoms with van der Waals surface area (Å²) in [6.45, 7) is 1.93. The molecule has 0 aliphatic rings. The van der Waals surface area contributed by atoms with E-state index in [0.29, 0.717) is 0 Å². The number of ether oxygens (including phenoxy) is 1. The van der Waals surface area contributed by atoms with Crippen molar-refractivity contribution in [2.45, 2.75) is 18.6 Å². The lowest BCUT2D eigenvalue weighted by Crippen LogP contribution is -2.41. The van der Waals surface area contributed by atoms with Crippen LogP contribution in [0.25, 0.3) is 0 Å². The van der Waals surface area contributed by atoms with Gasteiger partial charge in [-0.15, -0.1) is 11.8 Å². The van der Waals surface area contributed by atoms with Crippen molar-refractivity contribution >= 4 is 17.7 Å². The van der Waals surface area contributed by atoms with Crippen LogP contribution in [-0.2, 0) is 9.53 Å². The van der Waals surface area contributed by atoms with E-state index < -0.39 is 36.0 Å². The number of rotatable bonds is 7. The zero-order valence-corrected chi connectivity index (χ0v) is 10.7. The topological polar surface area (TPSA) is 87.0 Å². The number of hydrogen-bond acceptors (Lipinski definition) is 6. The maximum absolute atomic E-state index is 11.6. The number of aliphatic hydroxyl groups is 3. The Bertz CT molecular complexity index is 217. The molecule has 0 aliphatic heterocycles. The lowest BCUT2D eigenvalue weighted by Gasteiger charge is -2.28. The van der Waals surface area contributed by atoms with Gasteiger partial charge in [-0.05, 0) is 20.1 Å². The van der Waals surface area contributed by atoms with Crippen LogP contribution >= 0.6 is 11.8 Å². The minimum absolute atomic E-state index is 0.195. The summed E-state index contributed by atoms with van der Waals surface area (Å²) in [4.78, 5) is 11.6. The van der Waals surface area contributed by atoms with Crippen LogP contribution in [0, 0.1) is 5.41 Å². The fraction of sp³-hybridized carbons (Fsp3) is 0.900. The smallest absolute Gasteiger partial charge is 0.321 e. The minimum atomic E-state index is -1.16. The number of hydrogen-bond donors (Lipinski definition) is 3. The molecule has 0 heterocycles. The van der Waals surface area contributed by atoms with Gasteiger partial charge in [-0.25, -0.2) is 0 Å². The van der Waals surface area contributed by atoms with E-state index in [1.54, 1.807) is 20.1 Å². The molecule has 0 saturated heterocycles. The summed E-state index contributed by atoms with van der Waals surface area (Å²) >= 11 is 1.35. The highest BCUT2D eigenvalue weighted by Crippen LogP contribution is 2.24. The van der Waals surface area contributed by atoms with E-state index in [1.165, 1.54) is 11.8 Å². The highest BCUT2D eigenvalue weighted by Gasteiger charge is 2.34. The van der Waals surface area contributed by atoms with Gasteiger partial charge in [-0.1, -0.05) is 0 Å². The molecule has 5 nitrogen and oxygen atoms in total. The standard InChI is InChI=1S/C10H20O5S/c1-9(2,16-3)8(14)15-7-10(4-11,5-12)6-13/h11-13H,4-7H2,1-3H3. The lowest BCUT2D eigenvalue weighted by atomic mass is 9.92. The highest BCUT2D eigenvalue weighted by atomic mass is 32.2. The summed E-state index contributed by atoms with van der Waals surface area (Å²) in [5.41, 5.74) is -1.16. The quantitative estimate of drug-likeness (QED) is 0.536. The molecule has 0 fully saturated rings. The van der Waals surface area contributed by atoms with Crippen LogP contribution in [0.3, 0.4) is 0 Å². The Morgan fingerprint density at radius 3 is 1.94 bits per heavy atom. The van der Waals surface area contributed by atoms with Crippen LogP contribution in [0.1, 0.15) is 13.8 Å². The number of esters is 1. The Hall–Kier alpha value is -0.300. The third kappa shape index (κ3) is 3.93. The first-order valence-electron chi connectivity index (χ1n) is 4.92. The van der Waals surface area contributed by atoms with Crippen LogP contribution in [0.15, 0.2) is 0 Å². The minimum Gasteiger partial charge on any atom is -0.464 e. The summed E-state index contributed by atoms with van der Waals surface area (Å²) in [5, 5.41) is 27.1. The fourth-order valence-electron chi connectivity index (χ4n) is 0.763. The van der Waals surface area contributed by atoms with Gasteiger partial charge in [0.1, 0.15) is 11.4 Å². The number of carbonyl (C=O) groups excluding carboxylic acids is 1. The zero-order valence-electron chi connectivity index (χ0n) is 9.89. The maximum atomic E-state index is 11.6. The van der Waals surface area contributed by atoms with Gasteiger partial charge >= 0.3 is 5.97 Å². The lowest BCUT2D eigenvalue weighted by molar-refractivity contribution is -0.153. The van der Waals surface area contributed by atoms with E-state index in [1.807, 2.05) is 0 Å². The molecule has 0 aliphatic carbocycles. The SMILES string of the molecule is CSC(C)(C)C(=O)OCC(CO)(CO)CO. The molecular weight excluding hydrogens is 232 g/mol. The molecule has 0 atom stereocenters. The van der Waals surface area contributed by atoms with E-state index in [9.17, 15) is 4.79 Å². The Labute approximate surface area is 99.8 Å². The van der Waals surface area contributed by atoms with Crippen molar-refractivity contribution in [1.29, 1.82) is 0 Å². The first kappa shape index (κ1) is 15.7. The molecular formula is C10H20O5S. The number of aliphatic hydroxyl groups excluding tert-OH is 3. The monoisotopic (exact) mass is 252 g/mol. The van der Waals surface area contributed by atoms with Crippen LogP contribution in [0.5, 0.6) is 0 Å². The van der Waals surface area contributed by atoms with Crippen molar-refractivity contribution in [3.05, 3.63) is 0 Å². The summed E-state index contributed by atoms with van der Waals surface area (Å²) in [7, 11) is 0. The Balaban J connectivity index is 4.38. The predicted octanol–water partition coefficient (Wildman–Crippen LogP) is -0.365. The fourth-order valence-corrected chi connectivity index (χ4v) is 0.988. The van der Waals surface area contributed by atoms with Gasteiger partial charge < -0.3 is 20.1 Å². The van der Waals surface area contributed by atoms with Crippen LogP contribution in [0.4, 0.5) is 0 Å². The molecule has 0 radical (unpaired) electrons. The number of carbonyl (C=O) groups is 1. The summed E-state index contributed by atoms with van der Waals surface area (Å²) in [6, 6.07) is 0. The molecule has 0 bridgehead atoms. The van der Waals surface area contributed by atoms with E-state index in [0.717, 1.165) is 0 Å². The van der Waals surface area contributed by atoms with Gasteiger partial charge in [0.05, 0.1) is 25.2 Å². The average molecular weight is 252 g/mol. The van der Waals surface area contributed by atoms with Crippen molar-refractivity contribution in [3.8, 4) is 0 Å². The second kappa shape index (κ2) is 6.44. The molecule has 0 spiro atoms. The number of thioether (sulfide) groups is 1. The third-order valence-corrected chi connectivity index (χ3v) is 3.70. The maximum Gasteiger partial charge on any atom is 0.321 e. The normalized spacial score (nSPS) is 12.6. The molecule has 0 amide bonds. The van der Waals surface area contributed by atoms with Gasteiger partial charge in [0.15, 0.2) is 0 Å². The Morgan fingerprint density at radius 1 is 1.19 bits per heavy atom. The van der Waals surface area contributed by atoms with Gasteiger partial charge in [0.2, 0.25) is 0 Å². The van der Waals surface area contributed by atoms with Crippen molar-refractivity contribution in [3.63, 3.8) is 0 Å². The average Bonchev–Trinajstić information content (AvgIpc) is 2.31. The molecule has 16 heavy (non-hydrogen) atoms. The van der Waals surface area contributed by atoms with Gasteiger partial charge in [0, 0.05) is 0 Å². The molecule has 0 saturated carbocycles. The Kier molecular flexibility index (Phi) is 6.32. The van der Waals surface area contributed by atoms with E-state index in [2.05, 4.69) is 0 Å². The van der Waals surface area contributed by atoms with Crippen LogP contribution < -0.4 is 0 Å². The van der Waals surface area contributed by atoms with Gasteiger partial charge in [0.25, 0.3) is 0 Å². The second-order valence-corrected chi connectivity index (χ2v) is 5.69. The first-order valence-corrected chi connectivity index (χ1v) is 6.15. The zero-order chi connectivity index (χ0) is 12.8. The van der Waals surface area contributed by atoms with Crippen molar-refractivity contribution < 1.29 is 24.9 Å². The Morgan fingerprint density at radius 2 is 1.62 bits per heavy atom. The first-order chi connectivity index (χ1) is 7.37. The summed E-state index contributed by atoms with van der Waals surface area (Å²) in [6.07, 6.45) is 1.79. The molecule has 6 heteroatoms. The van der Waals surface area contributed by atoms with Gasteiger partial charge in [-0.2, -0.15) is 0 Å². The van der Waals surface area contributed by atoms with Crippen molar-refractivity contribution in [2.75, 3.05) is 32.7 Å². The molecule has 0 aromatic rings. The summed E-state index contributed by atoms with van der Waals surface area (Å²) in [5.74, 6) is -0.431. The molecule has 96 valence electrons. The van der Waals surface area contributed by atoms with Crippen molar-refractivity contribution in [1.82, 2.24) is 0 Å². The van der Waals surface area contributed by atoms with E-state index in [4.69, 9.17) is 20.1 Å². The van der Waals surface area contributed by atoms with E-state index in [-0.39, 0.29) is 6.61 Å². The summed E-state index contributed by atoms with van der Waals surface area (Å²) < 4.78 is 4.32. The predicted molar refractivity (Wildman–Crippen MR) is 62.2 cm³/mol. The molecule has 3 N–H and O–H groups in total. The van der Waals surface area contributed by atoms with E-state index >= 15 is 0 Å². The molecule has 0 unspecified atom stereocenters. The second-order valence-electron chi connectivity index (χ2n) is 4.26. The van der Waals surface area contributed by atoms with Crippen molar-refractivity contribution in [2.24, 2.45) is 5.41 Å². The van der Waals surface area contributed by atoms with Gasteiger partial charge in [-0.3, -0.25) is 4.79 Å². The molecule has 0 aromatic carbocycles. The largest absolute Gasteiger partial charge is 0.464 e. The third-order valence-electron chi connectivity index (χ3n) is 2.52. The molecule has 0 aromatic heterocycles. The highest BCUT2D eigenvalue weighted by molar-refractivity contribution is 8.00. The van der Waals surface area contributed by atoms with Crippen LogP contribution in [-0.4, -0.2) is 58.7 Å². The van der Waals surface area contributed by atoms with Crippen LogP contribution in [0.2, 0.25) is 0 Å².